The highest BCUT2D eigenvalue weighted by Gasteiger charge is 2.24. The fourth-order valence-corrected chi connectivity index (χ4v) is 8.66. The number of nitrogens with zero attached hydrogens (tertiary/aromatic N) is 6. The van der Waals surface area contributed by atoms with Gasteiger partial charge in [-0.3, -0.25) is 0 Å². The lowest BCUT2D eigenvalue weighted by atomic mass is 9.95. The molecule has 0 atom stereocenters. The van der Waals surface area contributed by atoms with Crippen LogP contribution >= 0.6 is 0 Å². The highest BCUT2D eigenvalue weighted by Crippen LogP contribution is 2.44. The second kappa shape index (κ2) is 13.8. The lowest BCUT2D eigenvalue weighted by molar-refractivity contribution is 1.13. The summed E-state index contributed by atoms with van der Waals surface area (Å²) in [5.74, 6) is 0. The molecule has 272 valence electrons. The monoisotopic (exact) mass is 750 g/mol. The van der Waals surface area contributed by atoms with Crippen molar-refractivity contribution in [1.82, 2.24) is 9.13 Å². The van der Waals surface area contributed by atoms with Gasteiger partial charge in [0.15, 0.2) is 5.69 Å². The topological polar surface area (TPSA) is 85.6 Å². The second-order valence-electron chi connectivity index (χ2n) is 14.7. The van der Waals surface area contributed by atoms with Gasteiger partial charge in [-0.05, 0) is 107 Å². The van der Waals surface area contributed by atoms with Crippen LogP contribution < -0.4 is 0 Å². The Hall–Kier alpha value is -8.68. The summed E-state index contributed by atoms with van der Waals surface area (Å²) in [7, 11) is 0. The van der Waals surface area contributed by atoms with Crippen LogP contribution in [0.25, 0.3) is 93.2 Å². The van der Waals surface area contributed by atoms with E-state index in [2.05, 4.69) is 98.9 Å². The standard InChI is InChI=1S/C53H30N6/c1-33-21-35(31-55)24-41(22-33)53-51(58-47-15-5-3-13-43(47)45-19-17-39(28-49(45)58)37-10-7-9-34(23-37)30-54)25-36(32-56)26-52(53)59-48-16-6-4-14-44(48)46-20-18-40(29-50(46)59)38-11-8-12-42(27-38)57-2/h3-29H,1H3. The van der Waals surface area contributed by atoms with Gasteiger partial charge in [0, 0.05) is 27.1 Å². The van der Waals surface area contributed by atoms with Crippen LogP contribution in [0.4, 0.5) is 5.69 Å². The Morgan fingerprint density at radius 1 is 0.424 bits per heavy atom. The van der Waals surface area contributed by atoms with E-state index in [0.717, 1.165) is 93.9 Å². The molecule has 2 aromatic heterocycles. The van der Waals surface area contributed by atoms with Crippen molar-refractivity contribution in [3.8, 4) is 63.0 Å². The third-order valence-electron chi connectivity index (χ3n) is 11.2. The van der Waals surface area contributed by atoms with Crippen molar-refractivity contribution in [2.45, 2.75) is 6.92 Å². The van der Waals surface area contributed by atoms with Gasteiger partial charge >= 0.3 is 0 Å². The molecular formula is C53H30N6. The van der Waals surface area contributed by atoms with Crippen LogP contribution in [0.1, 0.15) is 22.3 Å². The van der Waals surface area contributed by atoms with E-state index in [4.69, 9.17) is 6.57 Å². The summed E-state index contributed by atoms with van der Waals surface area (Å²) in [6.07, 6.45) is 0. The summed E-state index contributed by atoms with van der Waals surface area (Å²) in [4.78, 5) is 3.69. The lowest BCUT2D eigenvalue weighted by Crippen LogP contribution is -2.05. The molecule has 0 aliphatic rings. The summed E-state index contributed by atoms with van der Waals surface area (Å²) in [6.45, 7) is 9.65. The third-order valence-corrected chi connectivity index (χ3v) is 11.2. The average Bonchev–Trinajstić information content (AvgIpc) is 3.80. The van der Waals surface area contributed by atoms with E-state index in [9.17, 15) is 15.8 Å². The minimum Gasteiger partial charge on any atom is -0.308 e. The van der Waals surface area contributed by atoms with E-state index in [1.165, 1.54) is 0 Å². The molecule has 0 saturated heterocycles. The first-order valence-electron chi connectivity index (χ1n) is 19.1. The van der Waals surface area contributed by atoms with Crippen LogP contribution in [0.2, 0.25) is 0 Å². The van der Waals surface area contributed by atoms with Crippen molar-refractivity contribution in [2.75, 3.05) is 0 Å². The van der Waals surface area contributed by atoms with Crippen molar-refractivity contribution >= 4 is 49.3 Å². The minimum atomic E-state index is 0.475. The molecule has 0 fully saturated rings. The van der Waals surface area contributed by atoms with E-state index in [-0.39, 0.29) is 0 Å². The number of rotatable bonds is 5. The first-order chi connectivity index (χ1) is 29.0. The zero-order valence-electron chi connectivity index (χ0n) is 31.8. The number of aromatic nitrogens is 2. The van der Waals surface area contributed by atoms with Crippen molar-refractivity contribution in [1.29, 1.82) is 15.8 Å². The van der Waals surface area contributed by atoms with Gasteiger partial charge in [0.25, 0.3) is 0 Å². The predicted octanol–water partition coefficient (Wildman–Crippen LogP) is 13.4. The summed E-state index contributed by atoms with van der Waals surface area (Å²) in [6, 6.07) is 61.7. The number of benzene rings is 8. The van der Waals surface area contributed by atoms with Gasteiger partial charge in [-0.15, -0.1) is 0 Å². The highest BCUT2D eigenvalue weighted by molar-refractivity contribution is 6.13. The average molecular weight is 751 g/mol. The predicted molar refractivity (Wildman–Crippen MR) is 237 cm³/mol. The molecule has 6 nitrogen and oxygen atoms in total. The van der Waals surface area contributed by atoms with Crippen molar-refractivity contribution in [3.63, 3.8) is 0 Å². The summed E-state index contributed by atoms with van der Waals surface area (Å²) in [5.41, 5.74) is 13.9. The number of hydrogen-bond donors (Lipinski definition) is 0. The zero-order chi connectivity index (χ0) is 40.2. The van der Waals surface area contributed by atoms with Gasteiger partial charge in [-0.2, -0.15) is 15.8 Å². The molecule has 0 radical (unpaired) electrons. The van der Waals surface area contributed by atoms with Crippen molar-refractivity contribution < 1.29 is 0 Å². The first kappa shape index (κ1) is 34.8. The second-order valence-corrected chi connectivity index (χ2v) is 14.7. The van der Waals surface area contributed by atoms with Crippen LogP contribution in [-0.4, -0.2) is 9.13 Å². The fraction of sp³-hybridized carbons (Fsp3) is 0.0189. The Morgan fingerprint density at radius 3 is 1.49 bits per heavy atom. The summed E-state index contributed by atoms with van der Waals surface area (Å²) in [5, 5.41) is 35.1. The Bertz CT molecular complexity index is 3380. The van der Waals surface area contributed by atoms with E-state index in [0.29, 0.717) is 22.4 Å². The van der Waals surface area contributed by atoms with E-state index in [1.807, 2.05) is 97.9 Å². The lowest BCUT2D eigenvalue weighted by Gasteiger charge is -2.21. The van der Waals surface area contributed by atoms with E-state index in [1.54, 1.807) is 6.07 Å². The number of hydrogen-bond acceptors (Lipinski definition) is 3. The molecule has 8 aromatic carbocycles. The minimum absolute atomic E-state index is 0.475. The normalized spacial score (nSPS) is 11.1. The number of aryl methyl sites for hydroxylation is 1. The molecule has 0 aliphatic heterocycles. The molecule has 59 heavy (non-hydrogen) atoms. The molecule has 0 bridgehead atoms. The van der Waals surface area contributed by atoms with Crippen LogP contribution in [0.5, 0.6) is 0 Å². The SMILES string of the molecule is [C-]#[N+]c1cccc(-c2ccc3c4ccccc4n(-c4cc(C#N)cc(-n5c6ccccc6c6ccc(-c7cccc(C#N)c7)cc65)c4-c4cc(C)cc(C#N)c4)c3c2)c1. The zero-order valence-corrected chi connectivity index (χ0v) is 31.8. The molecule has 0 amide bonds. The van der Waals surface area contributed by atoms with Crippen LogP contribution in [0.15, 0.2) is 164 Å². The molecule has 0 aliphatic carbocycles. The summed E-state index contributed by atoms with van der Waals surface area (Å²) >= 11 is 0. The molecular weight excluding hydrogens is 721 g/mol. The Labute approximate surface area is 340 Å². The third kappa shape index (κ3) is 5.69. The summed E-state index contributed by atoms with van der Waals surface area (Å²) < 4.78 is 4.49. The van der Waals surface area contributed by atoms with Gasteiger partial charge < -0.3 is 9.13 Å². The molecule has 0 spiro atoms. The maximum absolute atomic E-state index is 10.8. The smallest absolute Gasteiger partial charge is 0.187 e. The number of nitriles is 3. The maximum Gasteiger partial charge on any atom is 0.187 e. The molecule has 0 N–H and O–H groups in total. The molecule has 0 saturated carbocycles. The molecule has 0 unspecified atom stereocenters. The van der Waals surface area contributed by atoms with Gasteiger partial charge in [-0.25, -0.2) is 4.85 Å². The largest absolute Gasteiger partial charge is 0.308 e. The van der Waals surface area contributed by atoms with Gasteiger partial charge in [-0.1, -0.05) is 97.1 Å². The molecule has 2 heterocycles. The Kier molecular flexibility index (Phi) is 8.14. The van der Waals surface area contributed by atoms with Crippen molar-refractivity contribution in [3.05, 3.63) is 197 Å². The molecule has 10 aromatic rings. The fourth-order valence-electron chi connectivity index (χ4n) is 8.66. The van der Waals surface area contributed by atoms with E-state index >= 15 is 0 Å². The van der Waals surface area contributed by atoms with Crippen LogP contribution in [0, 0.1) is 47.5 Å². The first-order valence-corrected chi connectivity index (χ1v) is 19.1. The van der Waals surface area contributed by atoms with Gasteiger partial charge in [0.2, 0.25) is 0 Å². The Balaban J connectivity index is 1.37. The van der Waals surface area contributed by atoms with Crippen molar-refractivity contribution in [2.24, 2.45) is 0 Å². The molecule has 10 rings (SSSR count). The van der Waals surface area contributed by atoms with Gasteiger partial charge in [0.1, 0.15) is 0 Å². The van der Waals surface area contributed by atoms with Gasteiger partial charge in [0.05, 0.1) is 74.9 Å². The van der Waals surface area contributed by atoms with Crippen LogP contribution in [0.3, 0.4) is 0 Å². The highest BCUT2D eigenvalue weighted by atomic mass is 15.0. The maximum atomic E-state index is 10.8. The van der Waals surface area contributed by atoms with E-state index < -0.39 is 0 Å². The number of fused-ring (bicyclic) bond motifs is 6. The molecule has 6 heteroatoms. The quantitative estimate of drug-likeness (QED) is 0.164. The van der Waals surface area contributed by atoms with Crippen LogP contribution in [-0.2, 0) is 0 Å². The Morgan fingerprint density at radius 2 is 0.915 bits per heavy atom. The number of para-hydroxylation sites is 2.